The van der Waals surface area contributed by atoms with Crippen molar-refractivity contribution in [2.45, 2.75) is 33.6 Å². The van der Waals surface area contributed by atoms with Gasteiger partial charge in [0.2, 0.25) is 0 Å². The van der Waals surface area contributed by atoms with Gasteiger partial charge in [0, 0.05) is 18.0 Å². The van der Waals surface area contributed by atoms with Crippen LogP contribution in [0.1, 0.15) is 30.4 Å². The maximum Gasteiger partial charge on any atom is 0.261 e. The highest BCUT2D eigenvalue weighted by Gasteiger charge is 2.22. The van der Waals surface area contributed by atoms with E-state index in [2.05, 4.69) is 10.1 Å². The molecule has 0 saturated heterocycles. The largest absolute Gasteiger partial charge is 0.504 e. The Balaban J connectivity index is 2.36. The fourth-order valence-electron chi connectivity index (χ4n) is 2.72. The molecule has 6 nitrogen and oxygen atoms in total. The normalized spacial score (nSPS) is 11.3. The summed E-state index contributed by atoms with van der Waals surface area (Å²) in [6.07, 6.45) is 4.44. The average molecular weight is 334 g/mol. The van der Waals surface area contributed by atoms with Gasteiger partial charge in [-0.1, -0.05) is 30.1 Å². The van der Waals surface area contributed by atoms with E-state index in [1.165, 1.54) is 16.8 Å². The molecule has 0 aliphatic heterocycles. The van der Waals surface area contributed by atoms with Gasteiger partial charge in [-0.05, 0) is 20.3 Å². The van der Waals surface area contributed by atoms with E-state index in [1.54, 1.807) is 13.8 Å². The minimum atomic E-state index is -0.223. The molecule has 120 valence electrons. The number of hydrogen-bond donors (Lipinski definition) is 1. The van der Waals surface area contributed by atoms with Crippen LogP contribution in [-0.2, 0) is 6.42 Å². The molecule has 3 heterocycles. The highest BCUT2D eigenvalue weighted by molar-refractivity contribution is 6.33. The second-order valence-electron chi connectivity index (χ2n) is 5.43. The lowest BCUT2D eigenvalue weighted by Crippen LogP contribution is -2.19. The highest BCUT2D eigenvalue weighted by Crippen LogP contribution is 2.40. The van der Waals surface area contributed by atoms with Gasteiger partial charge in [0.05, 0.1) is 21.8 Å². The minimum Gasteiger partial charge on any atom is -0.504 e. The zero-order chi connectivity index (χ0) is 16.7. The first-order chi connectivity index (χ1) is 11.0. The van der Waals surface area contributed by atoms with Crippen LogP contribution in [-0.4, -0.2) is 19.6 Å². The molecule has 3 aromatic heterocycles. The molecule has 0 bridgehead atoms. The topological polar surface area (TPSA) is 80.6 Å². The van der Waals surface area contributed by atoms with Crippen LogP contribution in [0.2, 0.25) is 5.02 Å². The molecule has 0 spiro atoms. The first-order valence-corrected chi connectivity index (χ1v) is 7.68. The Morgan fingerprint density at radius 3 is 2.70 bits per heavy atom. The molecule has 0 aliphatic rings. The second-order valence-corrected chi connectivity index (χ2v) is 5.84. The molecular formula is C16H16ClN3O3. The van der Waals surface area contributed by atoms with E-state index in [1.807, 2.05) is 6.92 Å². The van der Waals surface area contributed by atoms with E-state index in [0.717, 1.165) is 6.42 Å². The first-order valence-electron chi connectivity index (χ1n) is 7.30. The van der Waals surface area contributed by atoms with Crippen molar-refractivity contribution in [2.75, 3.05) is 0 Å². The van der Waals surface area contributed by atoms with Gasteiger partial charge in [-0.15, -0.1) is 0 Å². The molecule has 0 aliphatic carbocycles. The number of hydrogen-bond acceptors (Lipinski definition) is 5. The van der Waals surface area contributed by atoms with E-state index >= 15 is 0 Å². The Labute approximate surface area is 137 Å². The molecule has 0 atom stereocenters. The lowest BCUT2D eigenvalue weighted by atomic mass is 10.0. The number of fused-ring (bicyclic) bond motifs is 1. The molecule has 3 rings (SSSR count). The zero-order valence-corrected chi connectivity index (χ0v) is 13.8. The predicted octanol–water partition coefficient (Wildman–Crippen LogP) is 3.28. The van der Waals surface area contributed by atoms with Crippen LogP contribution in [0.5, 0.6) is 5.75 Å². The summed E-state index contributed by atoms with van der Waals surface area (Å²) in [6.45, 7) is 5.48. The Bertz CT molecular complexity index is 940. The fraction of sp³-hybridized carbons (Fsp3) is 0.312. The van der Waals surface area contributed by atoms with Gasteiger partial charge >= 0.3 is 0 Å². The molecule has 3 aromatic rings. The van der Waals surface area contributed by atoms with Crippen molar-refractivity contribution in [3.63, 3.8) is 0 Å². The Kier molecular flexibility index (Phi) is 3.85. The first kappa shape index (κ1) is 15.6. The van der Waals surface area contributed by atoms with Crippen molar-refractivity contribution < 1.29 is 9.63 Å². The molecule has 0 saturated carbocycles. The summed E-state index contributed by atoms with van der Waals surface area (Å²) in [5.74, 6) is 0.376. The van der Waals surface area contributed by atoms with Crippen LogP contribution >= 0.6 is 11.6 Å². The minimum absolute atomic E-state index is 0.160. The lowest BCUT2D eigenvalue weighted by molar-refractivity contribution is 0.393. The maximum atomic E-state index is 12.5. The van der Waals surface area contributed by atoms with Gasteiger partial charge in [-0.2, -0.15) is 0 Å². The number of aryl methyl sites for hydroxylation is 3. The van der Waals surface area contributed by atoms with Gasteiger partial charge in [-0.3, -0.25) is 9.20 Å². The fourth-order valence-corrected chi connectivity index (χ4v) is 3.01. The summed E-state index contributed by atoms with van der Waals surface area (Å²) in [5, 5.41) is 14.7. The van der Waals surface area contributed by atoms with Crippen LogP contribution in [0.25, 0.3) is 16.8 Å². The number of rotatable bonds is 3. The third-order valence-corrected chi connectivity index (χ3v) is 4.08. The summed E-state index contributed by atoms with van der Waals surface area (Å²) in [5.41, 5.74) is 2.12. The molecule has 23 heavy (non-hydrogen) atoms. The van der Waals surface area contributed by atoms with Crippen LogP contribution in [0.3, 0.4) is 0 Å². The van der Waals surface area contributed by atoms with Crippen LogP contribution < -0.4 is 5.56 Å². The van der Waals surface area contributed by atoms with Gasteiger partial charge in [0.1, 0.15) is 5.76 Å². The standard InChI is InChI=1S/C16H16ClN3O3/c1-4-5-10-6-18-15-14(21)13(11(17)7-20(15)16(10)22)12-8(2)19-23-9(12)3/h6-7,21H,4-5H2,1-3H3. The third-order valence-electron chi connectivity index (χ3n) is 3.80. The van der Waals surface area contributed by atoms with Crippen LogP contribution in [0.15, 0.2) is 21.7 Å². The van der Waals surface area contributed by atoms with Gasteiger partial charge in [-0.25, -0.2) is 4.98 Å². The van der Waals surface area contributed by atoms with Crippen molar-refractivity contribution >= 4 is 17.2 Å². The maximum absolute atomic E-state index is 12.5. The average Bonchev–Trinajstić information content (AvgIpc) is 2.83. The van der Waals surface area contributed by atoms with Crippen molar-refractivity contribution in [3.05, 3.63) is 44.8 Å². The number of halogens is 1. The summed E-state index contributed by atoms with van der Waals surface area (Å²) < 4.78 is 6.42. The monoisotopic (exact) mass is 333 g/mol. The molecule has 0 fully saturated rings. The Morgan fingerprint density at radius 1 is 1.35 bits per heavy atom. The van der Waals surface area contributed by atoms with Gasteiger partial charge in [0.15, 0.2) is 11.4 Å². The summed E-state index contributed by atoms with van der Waals surface area (Å²) in [7, 11) is 0. The molecule has 0 aromatic carbocycles. The van der Waals surface area contributed by atoms with Crippen LogP contribution in [0.4, 0.5) is 0 Å². The molecule has 0 unspecified atom stereocenters. The number of pyridine rings is 1. The zero-order valence-electron chi connectivity index (χ0n) is 13.1. The van der Waals surface area contributed by atoms with Crippen molar-refractivity contribution in [3.8, 4) is 16.9 Å². The molecule has 0 amide bonds. The predicted molar refractivity (Wildman–Crippen MR) is 87.1 cm³/mol. The van der Waals surface area contributed by atoms with E-state index in [0.29, 0.717) is 34.6 Å². The van der Waals surface area contributed by atoms with Gasteiger partial charge in [0.25, 0.3) is 5.56 Å². The smallest absolute Gasteiger partial charge is 0.261 e. The van der Waals surface area contributed by atoms with Crippen LogP contribution in [0, 0.1) is 13.8 Å². The van der Waals surface area contributed by atoms with Crippen molar-refractivity contribution in [1.29, 1.82) is 0 Å². The third kappa shape index (κ3) is 2.39. The molecule has 0 radical (unpaired) electrons. The molecule has 1 N–H and O–H groups in total. The molecular weight excluding hydrogens is 318 g/mol. The van der Waals surface area contributed by atoms with Crippen molar-refractivity contribution in [2.24, 2.45) is 0 Å². The van der Waals surface area contributed by atoms with E-state index in [-0.39, 0.29) is 22.0 Å². The highest BCUT2D eigenvalue weighted by atomic mass is 35.5. The molecule has 7 heteroatoms. The SMILES string of the molecule is CCCc1cnc2c(O)c(-c3c(C)noc3C)c(Cl)cn2c1=O. The summed E-state index contributed by atoms with van der Waals surface area (Å²) in [6, 6.07) is 0. The summed E-state index contributed by atoms with van der Waals surface area (Å²) >= 11 is 6.33. The van der Waals surface area contributed by atoms with Gasteiger partial charge < -0.3 is 9.63 Å². The quantitative estimate of drug-likeness (QED) is 0.795. The second kappa shape index (κ2) is 5.70. The van der Waals surface area contributed by atoms with E-state index in [9.17, 15) is 9.90 Å². The lowest BCUT2D eigenvalue weighted by Gasteiger charge is -2.11. The number of aromatic hydroxyl groups is 1. The van der Waals surface area contributed by atoms with E-state index < -0.39 is 0 Å². The van der Waals surface area contributed by atoms with E-state index in [4.69, 9.17) is 16.1 Å². The van der Waals surface area contributed by atoms with Crippen molar-refractivity contribution in [1.82, 2.24) is 14.5 Å². The Hall–Kier alpha value is -2.34. The number of aromatic nitrogens is 3. The Morgan fingerprint density at radius 2 is 2.09 bits per heavy atom. The summed E-state index contributed by atoms with van der Waals surface area (Å²) in [4.78, 5) is 16.7. The number of nitrogens with zero attached hydrogens (tertiary/aromatic N) is 3.